The van der Waals surface area contributed by atoms with E-state index in [1.54, 1.807) is 12.0 Å². The summed E-state index contributed by atoms with van der Waals surface area (Å²) < 4.78 is 10.7. The number of aliphatic imine (C=N–C) groups is 1. The molecule has 0 spiro atoms. The predicted octanol–water partition coefficient (Wildman–Crippen LogP) is 2.73. The van der Waals surface area contributed by atoms with E-state index in [0.29, 0.717) is 26.2 Å². The van der Waals surface area contributed by atoms with Crippen molar-refractivity contribution < 1.29 is 14.3 Å². The van der Waals surface area contributed by atoms with Gasteiger partial charge in [0.25, 0.3) is 0 Å². The Morgan fingerprint density at radius 1 is 1.15 bits per heavy atom. The maximum absolute atomic E-state index is 11.8. The number of halogens is 1. The first-order valence-electron chi connectivity index (χ1n) is 9.22. The van der Waals surface area contributed by atoms with Gasteiger partial charge < -0.3 is 24.6 Å². The number of piperazine rings is 1. The van der Waals surface area contributed by atoms with Crippen LogP contribution >= 0.6 is 24.0 Å². The molecule has 1 heterocycles. The second-order valence-electron chi connectivity index (χ2n) is 6.00. The second-order valence-corrected chi connectivity index (χ2v) is 6.00. The fourth-order valence-corrected chi connectivity index (χ4v) is 2.89. The lowest BCUT2D eigenvalue weighted by Crippen LogP contribution is -2.54. The molecule has 0 radical (unpaired) electrons. The quantitative estimate of drug-likeness (QED) is 0.378. The monoisotopic (exact) mass is 490 g/mol. The molecule has 0 bridgehead atoms. The Hall–Kier alpha value is -1.55. The van der Waals surface area contributed by atoms with Crippen molar-refractivity contribution in [3.8, 4) is 0 Å². The summed E-state index contributed by atoms with van der Waals surface area (Å²) in [7, 11) is 1.71. The number of nitrogens with one attached hydrogen (secondary N) is 1. The largest absolute Gasteiger partial charge is 0.450 e. The minimum absolute atomic E-state index is 0. The van der Waals surface area contributed by atoms with Crippen molar-refractivity contribution in [2.45, 2.75) is 20.0 Å². The summed E-state index contributed by atoms with van der Waals surface area (Å²) in [4.78, 5) is 20.5. The standard InChI is InChI=1S/C19H30N4O3.HI/c1-4-20-18(21-15-17(25-3)16-9-7-6-8-10-16)22-11-13-23(14-12-22)19(24)26-5-2;/h6-10,17H,4-5,11-15H2,1-3H3,(H,20,21);1H. The van der Waals surface area contributed by atoms with E-state index in [2.05, 4.69) is 29.3 Å². The summed E-state index contributed by atoms with van der Waals surface area (Å²) in [6, 6.07) is 10.1. The minimum Gasteiger partial charge on any atom is -0.450 e. The van der Waals surface area contributed by atoms with Crippen molar-refractivity contribution in [2.75, 3.05) is 53.0 Å². The van der Waals surface area contributed by atoms with Crippen molar-refractivity contribution in [2.24, 2.45) is 4.99 Å². The van der Waals surface area contributed by atoms with E-state index < -0.39 is 0 Å². The van der Waals surface area contributed by atoms with Gasteiger partial charge in [-0.25, -0.2) is 4.79 Å². The number of ether oxygens (including phenoxy) is 2. The molecule has 27 heavy (non-hydrogen) atoms. The molecule has 1 amide bonds. The molecule has 2 rings (SSSR count). The summed E-state index contributed by atoms with van der Waals surface area (Å²) in [5, 5.41) is 3.34. The molecule has 8 heteroatoms. The fraction of sp³-hybridized carbons (Fsp3) is 0.579. The summed E-state index contributed by atoms with van der Waals surface area (Å²) >= 11 is 0. The number of amides is 1. The summed E-state index contributed by atoms with van der Waals surface area (Å²) in [6.07, 6.45) is -0.316. The van der Waals surface area contributed by atoms with E-state index in [4.69, 9.17) is 14.5 Å². The highest BCUT2D eigenvalue weighted by atomic mass is 127. The number of carbonyl (C=O) groups excluding carboxylic acids is 1. The Morgan fingerprint density at radius 3 is 2.33 bits per heavy atom. The molecule has 152 valence electrons. The smallest absolute Gasteiger partial charge is 0.409 e. The maximum atomic E-state index is 11.8. The normalized spacial score (nSPS) is 15.7. The number of rotatable bonds is 6. The fourth-order valence-electron chi connectivity index (χ4n) is 2.89. The highest BCUT2D eigenvalue weighted by Crippen LogP contribution is 2.16. The van der Waals surface area contributed by atoms with Gasteiger partial charge in [-0.05, 0) is 19.4 Å². The Balaban J connectivity index is 0.00000364. The van der Waals surface area contributed by atoms with E-state index in [1.807, 2.05) is 25.1 Å². The van der Waals surface area contributed by atoms with Crippen molar-refractivity contribution >= 4 is 36.0 Å². The van der Waals surface area contributed by atoms with Gasteiger partial charge in [-0.2, -0.15) is 0 Å². The Kier molecular flexibility index (Phi) is 11.1. The van der Waals surface area contributed by atoms with Gasteiger partial charge in [-0.15, -0.1) is 24.0 Å². The van der Waals surface area contributed by atoms with Crippen molar-refractivity contribution in [1.82, 2.24) is 15.1 Å². The van der Waals surface area contributed by atoms with Gasteiger partial charge in [-0.1, -0.05) is 30.3 Å². The number of methoxy groups -OCH3 is 1. The van der Waals surface area contributed by atoms with Crippen LogP contribution in [-0.4, -0.2) is 74.8 Å². The van der Waals surface area contributed by atoms with Gasteiger partial charge in [0.15, 0.2) is 5.96 Å². The average Bonchev–Trinajstić information content (AvgIpc) is 2.69. The zero-order chi connectivity index (χ0) is 18.8. The third kappa shape index (κ3) is 7.17. The van der Waals surface area contributed by atoms with Gasteiger partial charge in [0.1, 0.15) is 6.10 Å². The van der Waals surface area contributed by atoms with Crippen LogP contribution in [-0.2, 0) is 9.47 Å². The van der Waals surface area contributed by atoms with E-state index in [0.717, 1.165) is 31.2 Å². The van der Waals surface area contributed by atoms with Crippen LogP contribution in [0.3, 0.4) is 0 Å². The number of hydrogen-bond acceptors (Lipinski definition) is 4. The van der Waals surface area contributed by atoms with Crippen molar-refractivity contribution in [3.05, 3.63) is 35.9 Å². The molecule has 1 aliphatic heterocycles. The zero-order valence-electron chi connectivity index (χ0n) is 16.4. The van der Waals surface area contributed by atoms with E-state index in [1.165, 1.54) is 0 Å². The molecular weight excluding hydrogens is 459 g/mol. The van der Waals surface area contributed by atoms with Gasteiger partial charge >= 0.3 is 6.09 Å². The SMILES string of the molecule is CCNC(=NCC(OC)c1ccccc1)N1CCN(C(=O)OCC)CC1.I. The van der Waals surface area contributed by atoms with Gasteiger partial charge in [0, 0.05) is 39.8 Å². The zero-order valence-corrected chi connectivity index (χ0v) is 18.7. The van der Waals surface area contributed by atoms with Crippen LogP contribution in [0.2, 0.25) is 0 Å². The van der Waals surface area contributed by atoms with Crippen LogP contribution in [0.25, 0.3) is 0 Å². The first-order chi connectivity index (χ1) is 12.7. The lowest BCUT2D eigenvalue weighted by molar-refractivity contribution is 0.0910. The van der Waals surface area contributed by atoms with Gasteiger partial charge in [0.05, 0.1) is 13.2 Å². The number of carbonyl (C=O) groups is 1. The summed E-state index contributed by atoms with van der Waals surface area (Å²) in [6.45, 7) is 8.34. The first kappa shape index (κ1) is 23.5. The van der Waals surface area contributed by atoms with E-state index in [9.17, 15) is 4.79 Å². The van der Waals surface area contributed by atoms with Crippen molar-refractivity contribution in [1.29, 1.82) is 0 Å². The second kappa shape index (κ2) is 12.8. The summed E-state index contributed by atoms with van der Waals surface area (Å²) in [5.41, 5.74) is 1.11. The lowest BCUT2D eigenvalue weighted by Gasteiger charge is -2.36. The highest BCUT2D eigenvalue weighted by Gasteiger charge is 2.24. The van der Waals surface area contributed by atoms with E-state index >= 15 is 0 Å². The van der Waals surface area contributed by atoms with Crippen LogP contribution in [0.5, 0.6) is 0 Å². The molecule has 0 aliphatic carbocycles. The average molecular weight is 490 g/mol. The van der Waals surface area contributed by atoms with Crippen LogP contribution in [0.1, 0.15) is 25.5 Å². The molecule has 1 aromatic carbocycles. The molecule has 0 saturated carbocycles. The molecular formula is C19H31IN4O3. The molecule has 1 aromatic rings. The number of hydrogen-bond donors (Lipinski definition) is 1. The maximum Gasteiger partial charge on any atom is 0.409 e. The van der Waals surface area contributed by atoms with Gasteiger partial charge in [0.2, 0.25) is 0 Å². The van der Waals surface area contributed by atoms with Crippen LogP contribution in [0, 0.1) is 0 Å². The number of guanidine groups is 1. The molecule has 7 nitrogen and oxygen atoms in total. The molecule has 1 N–H and O–H groups in total. The molecule has 1 atom stereocenters. The first-order valence-corrected chi connectivity index (χ1v) is 9.22. The molecule has 1 saturated heterocycles. The van der Waals surface area contributed by atoms with E-state index in [-0.39, 0.29) is 36.2 Å². The lowest BCUT2D eigenvalue weighted by atomic mass is 10.1. The summed E-state index contributed by atoms with van der Waals surface area (Å²) in [5.74, 6) is 0.856. The third-order valence-corrected chi connectivity index (χ3v) is 4.30. The predicted molar refractivity (Wildman–Crippen MR) is 118 cm³/mol. The molecule has 0 aromatic heterocycles. The van der Waals surface area contributed by atoms with Crippen molar-refractivity contribution in [3.63, 3.8) is 0 Å². The Bertz CT molecular complexity index is 578. The number of benzene rings is 1. The van der Waals surface area contributed by atoms with Crippen LogP contribution in [0.4, 0.5) is 4.79 Å². The minimum atomic E-state index is -0.238. The third-order valence-electron chi connectivity index (χ3n) is 4.30. The topological polar surface area (TPSA) is 66.4 Å². The Morgan fingerprint density at radius 2 is 1.78 bits per heavy atom. The van der Waals surface area contributed by atoms with Gasteiger partial charge in [-0.3, -0.25) is 4.99 Å². The number of nitrogens with zero attached hydrogens (tertiary/aromatic N) is 3. The molecule has 1 fully saturated rings. The molecule has 1 aliphatic rings. The highest BCUT2D eigenvalue weighted by molar-refractivity contribution is 14.0. The van der Waals surface area contributed by atoms with Crippen LogP contribution in [0.15, 0.2) is 35.3 Å². The Labute approximate surface area is 179 Å². The van der Waals surface area contributed by atoms with Crippen LogP contribution < -0.4 is 5.32 Å². The molecule has 1 unspecified atom stereocenters.